The zero-order valence-corrected chi connectivity index (χ0v) is 9.36. The molecule has 0 amide bonds. The quantitative estimate of drug-likeness (QED) is 0.522. The normalized spacial score (nSPS) is 12.9. The van der Waals surface area contributed by atoms with Gasteiger partial charge in [0, 0.05) is 0 Å². The molecule has 1 aromatic rings. The minimum absolute atomic E-state index is 0. The third-order valence-electron chi connectivity index (χ3n) is 1.24. The predicted octanol–water partition coefficient (Wildman–Crippen LogP) is 3.86. The summed E-state index contributed by atoms with van der Waals surface area (Å²) >= 11 is 17.1. The maximum atomic E-state index is 5.78. The Hall–Kier alpha value is 0.410. The number of hydrogen-bond acceptors (Lipinski definition) is 2. The van der Waals surface area contributed by atoms with Crippen LogP contribution in [0.25, 0.3) is 0 Å². The molecule has 1 aliphatic rings. The summed E-state index contributed by atoms with van der Waals surface area (Å²) in [5, 5.41) is 0.934. The third kappa shape index (κ3) is 1.43. The van der Waals surface area contributed by atoms with Gasteiger partial charge in [-0.1, -0.05) is 34.8 Å². The number of fused-ring (bicyclic) bond motifs is 1. The summed E-state index contributed by atoms with van der Waals surface area (Å²) in [7, 11) is 0.811. The maximum Gasteiger partial charge on any atom is 0.150 e. The minimum Gasteiger partial charge on any atom is -0.226 e. The number of rotatable bonds is 0. The molecule has 2 nitrogen and oxygen atoms in total. The molecule has 0 spiro atoms. The fraction of sp³-hybridized carbons (Fsp3) is 0. The molecule has 2 heterocycles. The van der Waals surface area contributed by atoms with Crippen LogP contribution in [0.3, 0.4) is 0 Å². The van der Waals surface area contributed by atoms with Crippen LogP contribution in [0.5, 0.6) is 0 Å². The number of nitrogens with zero attached hydrogens (tertiary/aromatic N) is 2. The Kier molecular flexibility index (Phi) is 3.19. The molecule has 0 bridgehead atoms. The van der Waals surface area contributed by atoms with Gasteiger partial charge in [0.1, 0.15) is 11.1 Å². The number of pyridine rings is 1. The zero-order valence-electron chi connectivity index (χ0n) is 5.38. The van der Waals surface area contributed by atoms with Crippen LogP contribution in [0.2, 0.25) is 15.2 Å². The van der Waals surface area contributed by atoms with Gasteiger partial charge in [0.2, 0.25) is 0 Å². The summed E-state index contributed by atoms with van der Waals surface area (Å²) in [6, 6.07) is 0. The van der Waals surface area contributed by atoms with Crippen LogP contribution < -0.4 is 5.44 Å². The fourth-order valence-corrected chi connectivity index (χ4v) is 2.11. The topological polar surface area (TPSA) is 25.2 Å². The molecule has 0 N–H and O–H groups in total. The monoisotopic (exact) mass is 260 g/mol. The van der Waals surface area contributed by atoms with Gasteiger partial charge in [-0.05, 0) is 0 Å². The Balaban J connectivity index is 0.000000720. The Morgan fingerprint density at radius 1 is 1.08 bits per heavy atom. The van der Waals surface area contributed by atoms with E-state index < -0.39 is 0 Å². The first-order valence-corrected chi connectivity index (χ1v) is 4.64. The van der Waals surface area contributed by atoms with Crippen molar-refractivity contribution in [2.24, 2.45) is 4.74 Å². The van der Waals surface area contributed by atoms with Gasteiger partial charge in [0.25, 0.3) is 0 Å². The molecule has 2 rings (SSSR count). The highest BCUT2D eigenvalue weighted by molar-refractivity contribution is 7.39. The zero-order chi connectivity index (χ0) is 8.01. The summed E-state index contributed by atoms with van der Waals surface area (Å²) in [6.45, 7) is 0. The lowest BCUT2D eigenvalue weighted by atomic mass is 10.4. The van der Waals surface area contributed by atoms with E-state index in [0.717, 1.165) is 13.8 Å². The molecule has 0 saturated carbocycles. The molecule has 64 valence electrons. The summed E-state index contributed by atoms with van der Waals surface area (Å²) in [4.78, 5) is 3.96. The van der Waals surface area contributed by atoms with E-state index in [1.807, 2.05) is 0 Å². The standard InChI is InChI=1S/C5Cl3N2P.ClH/c6-1-2(7)4(8)9-5-3(1)10-11-5;/h;1H. The fourth-order valence-electron chi connectivity index (χ4n) is 0.699. The predicted molar refractivity (Wildman–Crippen MR) is 55.2 cm³/mol. The van der Waals surface area contributed by atoms with E-state index in [2.05, 4.69) is 9.73 Å². The molecule has 12 heavy (non-hydrogen) atoms. The molecule has 0 radical (unpaired) electrons. The van der Waals surface area contributed by atoms with Crippen LogP contribution in [-0.2, 0) is 0 Å². The lowest BCUT2D eigenvalue weighted by molar-refractivity contribution is 1.35. The maximum absolute atomic E-state index is 5.78. The van der Waals surface area contributed by atoms with Crippen LogP contribution in [0.4, 0.5) is 5.69 Å². The van der Waals surface area contributed by atoms with Gasteiger partial charge in [-0.25, -0.2) is 9.73 Å². The van der Waals surface area contributed by atoms with Gasteiger partial charge in [-0.2, -0.15) is 0 Å². The van der Waals surface area contributed by atoms with Crippen molar-refractivity contribution >= 4 is 66.7 Å². The van der Waals surface area contributed by atoms with Crippen molar-refractivity contribution in [2.45, 2.75) is 0 Å². The molecular formula is C5HCl4N2P. The van der Waals surface area contributed by atoms with Crippen LogP contribution in [0, 0.1) is 0 Å². The van der Waals surface area contributed by atoms with Crippen LogP contribution in [0.15, 0.2) is 4.74 Å². The van der Waals surface area contributed by atoms with Gasteiger partial charge in [-0.15, -0.1) is 12.4 Å². The highest BCUT2D eigenvalue weighted by Gasteiger charge is 2.19. The molecule has 0 atom stereocenters. The summed E-state index contributed by atoms with van der Waals surface area (Å²) in [6.07, 6.45) is 0. The third-order valence-corrected chi connectivity index (χ3v) is 3.25. The second-order valence-corrected chi connectivity index (χ2v) is 3.84. The largest absolute Gasteiger partial charge is 0.226 e. The van der Waals surface area contributed by atoms with Crippen molar-refractivity contribution in [3.8, 4) is 0 Å². The first kappa shape index (κ1) is 10.5. The Morgan fingerprint density at radius 3 is 2.25 bits per heavy atom. The van der Waals surface area contributed by atoms with Crippen LogP contribution in [0.1, 0.15) is 0 Å². The van der Waals surface area contributed by atoms with E-state index in [0.29, 0.717) is 10.7 Å². The molecule has 0 aromatic carbocycles. The van der Waals surface area contributed by atoms with E-state index in [1.165, 1.54) is 0 Å². The van der Waals surface area contributed by atoms with Crippen LogP contribution in [-0.4, -0.2) is 4.98 Å². The highest BCUT2D eigenvalue weighted by atomic mass is 35.5. The average Bonchev–Trinajstić information content (AvgIpc) is 1.93. The van der Waals surface area contributed by atoms with E-state index >= 15 is 0 Å². The second kappa shape index (κ2) is 3.65. The summed E-state index contributed by atoms with van der Waals surface area (Å²) in [5.74, 6) is 0. The molecule has 7 heteroatoms. The molecule has 0 fully saturated rings. The van der Waals surface area contributed by atoms with Gasteiger partial charge in [0.05, 0.1) is 18.4 Å². The lowest BCUT2D eigenvalue weighted by Crippen LogP contribution is -2.05. The van der Waals surface area contributed by atoms with Crippen molar-refractivity contribution in [1.29, 1.82) is 0 Å². The van der Waals surface area contributed by atoms with Gasteiger partial charge in [-0.3, -0.25) is 0 Å². The SMILES string of the molecule is Cl.Clc1nc2c(c(Cl)c1Cl)N=P2. The number of halogens is 4. The number of hydrogen-bond donors (Lipinski definition) is 0. The van der Waals surface area contributed by atoms with Gasteiger partial charge in [0.15, 0.2) is 5.15 Å². The summed E-state index contributed by atoms with van der Waals surface area (Å²) < 4.78 is 3.97. The Labute approximate surface area is 91.5 Å². The van der Waals surface area contributed by atoms with Crippen molar-refractivity contribution in [3.63, 3.8) is 0 Å². The van der Waals surface area contributed by atoms with Crippen molar-refractivity contribution in [2.75, 3.05) is 0 Å². The Bertz CT molecular complexity index is 365. The number of aromatic nitrogens is 1. The first-order valence-electron chi connectivity index (χ1n) is 2.66. The van der Waals surface area contributed by atoms with E-state index in [-0.39, 0.29) is 22.6 Å². The Morgan fingerprint density at radius 2 is 1.75 bits per heavy atom. The van der Waals surface area contributed by atoms with Gasteiger partial charge >= 0.3 is 0 Å². The van der Waals surface area contributed by atoms with Crippen molar-refractivity contribution < 1.29 is 0 Å². The molecule has 1 aliphatic heterocycles. The molecule has 1 aromatic heterocycles. The van der Waals surface area contributed by atoms with E-state index in [4.69, 9.17) is 34.8 Å². The second-order valence-electron chi connectivity index (χ2n) is 1.90. The summed E-state index contributed by atoms with van der Waals surface area (Å²) in [5.41, 5.74) is 1.46. The molecule has 0 aliphatic carbocycles. The molecular weight excluding hydrogens is 261 g/mol. The van der Waals surface area contributed by atoms with Crippen LogP contribution >= 0.6 is 55.6 Å². The minimum atomic E-state index is 0. The smallest absolute Gasteiger partial charge is 0.150 e. The molecule has 0 saturated heterocycles. The first-order chi connectivity index (χ1) is 5.20. The lowest BCUT2D eigenvalue weighted by Gasteiger charge is -2.09. The van der Waals surface area contributed by atoms with E-state index in [1.54, 1.807) is 0 Å². The van der Waals surface area contributed by atoms with Crippen molar-refractivity contribution in [1.82, 2.24) is 4.98 Å². The average molecular weight is 262 g/mol. The van der Waals surface area contributed by atoms with Gasteiger partial charge < -0.3 is 0 Å². The molecule has 0 unspecified atom stereocenters. The van der Waals surface area contributed by atoms with E-state index in [9.17, 15) is 0 Å². The van der Waals surface area contributed by atoms with Crippen molar-refractivity contribution in [3.05, 3.63) is 15.2 Å². The highest BCUT2D eigenvalue weighted by Crippen LogP contribution is 2.41.